The highest BCUT2D eigenvalue weighted by atomic mass is 16.2. The van der Waals surface area contributed by atoms with Gasteiger partial charge in [-0.2, -0.15) is 0 Å². The third-order valence-electron chi connectivity index (χ3n) is 2.67. The van der Waals surface area contributed by atoms with Gasteiger partial charge in [-0.1, -0.05) is 17.7 Å². The van der Waals surface area contributed by atoms with E-state index in [0.717, 1.165) is 29.7 Å². The van der Waals surface area contributed by atoms with Crippen molar-refractivity contribution in [2.75, 3.05) is 11.9 Å². The molecule has 1 aliphatic heterocycles. The summed E-state index contributed by atoms with van der Waals surface area (Å²) in [6, 6.07) is 4.13. The molecular weight excluding hydrogens is 190 g/mol. The number of aryl methyl sites for hydroxylation is 2. The normalized spacial score (nSPS) is 13.9. The molecule has 1 amide bonds. The second-order valence-electron chi connectivity index (χ2n) is 4.01. The molecule has 0 saturated carbocycles. The molecule has 0 radical (unpaired) electrons. The van der Waals surface area contributed by atoms with E-state index in [4.69, 9.17) is 5.11 Å². The Morgan fingerprint density at radius 3 is 3.00 bits per heavy atom. The second-order valence-corrected chi connectivity index (χ2v) is 4.01. The summed E-state index contributed by atoms with van der Waals surface area (Å²) in [5, 5.41) is 11.7. The van der Waals surface area contributed by atoms with Gasteiger partial charge in [-0.05, 0) is 30.9 Å². The lowest BCUT2D eigenvalue weighted by Crippen LogP contribution is -2.05. The van der Waals surface area contributed by atoms with Gasteiger partial charge in [0.1, 0.15) is 0 Å². The van der Waals surface area contributed by atoms with Crippen LogP contribution >= 0.6 is 0 Å². The zero-order chi connectivity index (χ0) is 10.8. The van der Waals surface area contributed by atoms with Crippen molar-refractivity contribution in [2.45, 2.75) is 26.2 Å². The highest BCUT2D eigenvalue weighted by molar-refractivity contribution is 6.00. The number of hydrogen-bond donors (Lipinski definition) is 2. The molecule has 15 heavy (non-hydrogen) atoms. The van der Waals surface area contributed by atoms with Gasteiger partial charge in [0.2, 0.25) is 5.91 Å². The van der Waals surface area contributed by atoms with Crippen LogP contribution in [0.2, 0.25) is 0 Å². The van der Waals surface area contributed by atoms with Gasteiger partial charge in [0.25, 0.3) is 0 Å². The first kappa shape index (κ1) is 10.2. The molecule has 0 bridgehead atoms. The van der Waals surface area contributed by atoms with Crippen molar-refractivity contribution in [2.24, 2.45) is 0 Å². The molecule has 2 N–H and O–H groups in total. The third-order valence-corrected chi connectivity index (χ3v) is 2.67. The number of aliphatic hydroxyl groups is 1. The molecule has 0 fully saturated rings. The summed E-state index contributed by atoms with van der Waals surface area (Å²) < 4.78 is 0. The van der Waals surface area contributed by atoms with Crippen LogP contribution in [0.3, 0.4) is 0 Å². The number of fused-ring (bicyclic) bond motifs is 1. The zero-order valence-corrected chi connectivity index (χ0v) is 8.84. The molecule has 1 aliphatic rings. The Bertz CT molecular complexity index is 399. The number of anilines is 1. The van der Waals surface area contributed by atoms with Gasteiger partial charge in [-0.15, -0.1) is 0 Å². The topological polar surface area (TPSA) is 49.3 Å². The van der Waals surface area contributed by atoms with E-state index in [-0.39, 0.29) is 12.5 Å². The van der Waals surface area contributed by atoms with E-state index in [9.17, 15) is 4.79 Å². The average Bonchev–Trinajstić information content (AvgIpc) is 2.54. The van der Waals surface area contributed by atoms with Crippen LogP contribution in [0.5, 0.6) is 0 Å². The Balaban J connectivity index is 2.34. The van der Waals surface area contributed by atoms with Gasteiger partial charge < -0.3 is 10.4 Å². The Morgan fingerprint density at radius 2 is 2.27 bits per heavy atom. The summed E-state index contributed by atoms with van der Waals surface area (Å²) in [7, 11) is 0. The smallest absolute Gasteiger partial charge is 0.228 e. The maximum absolute atomic E-state index is 11.3. The first-order valence-corrected chi connectivity index (χ1v) is 5.24. The zero-order valence-electron chi connectivity index (χ0n) is 8.84. The summed E-state index contributed by atoms with van der Waals surface area (Å²) in [5.41, 5.74) is 4.38. The van der Waals surface area contributed by atoms with Crippen molar-refractivity contribution in [3.63, 3.8) is 0 Å². The van der Waals surface area contributed by atoms with Gasteiger partial charge in [0.15, 0.2) is 0 Å². The van der Waals surface area contributed by atoms with Crippen molar-refractivity contribution in [3.05, 3.63) is 28.8 Å². The summed E-state index contributed by atoms with van der Waals surface area (Å²) >= 11 is 0. The van der Waals surface area contributed by atoms with Crippen LogP contribution in [0.25, 0.3) is 0 Å². The van der Waals surface area contributed by atoms with Gasteiger partial charge in [0, 0.05) is 12.3 Å². The molecule has 3 nitrogen and oxygen atoms in total. The van der Waals surface area contributed by atoms with Crippen molar-refractivity contribution in [3.8, 4) is 0 Å². The van der Waals surface area contributed by atoms with Crippen LogP contribution in [0, 0.1) is 6.92 Å². The summed E-state index contributed by atoms with van der Waals surface area (Å²) in [5.74, 6) is 0.0702. The largest absolute Gasteiger partial charge is 0.396 e. The van der Waals surface area contributed by atoms with Gasteiger partial charge in [0.05, 0.1) is 6.42 Å². The van der Waals surface area contributed by atoms with E-state index in [0.29, 0.717) is 6.42 Å². The fraction of sp³-hybridized carbons (Fsp3) is 0.417. The average molecular weight is 205 g/mol. The Kier molecular flexibility index (Phi) is 2.73. The lowest BCUT2D eigenvalue weighted by Gasteiger charge is -2.08. The number of aliphatic hydroxyl groups excluding tert-OH is 1. The second kappa shape index (κ2) is 4.03. The number of carbonyl (C=O) groups is 1. The fourth-order valence-corrected chi connectivity index (χ4v) is 2.07. The predicted molar refractivity (Wildman–Crippen MR) is 58.9 cm³/mol. The van der Waals surface area contributed by atoms with Gasteiger partial charge in [-0.25, -0.2) is 0 Å². The van der Waals surface area contributed by atoms with E-state index in [2.05, 4.69) is 17.4 Å². The van der Waals surface area contributed by atoms with E-state index in [1.807, 2.05) is 6.92 Å². The van der Waals surface area contributed by atoms with Crippen molar-refractivity contribution in [1.82, 2.24) is 0 Å². The number of amides is 1. The van der Waals surface area contributed by atoms with Crippen molar-refractivity contribution in [1.29, 1.82) is 0 Å². The highest BCUT2D eigenvalue weighted by Gasteiger charge is 2.20. The molecule has 3 heteroatoms. The first-order chi connectivity index (χ1) is 7.20. The minimum Gasteiger partial charge on any atom is -0.396 e. The summed E-state index contributed by atoms with van der Waals surface area (Å²) in [4.78, 5) is 11.3. The SMILES string of the molecule is Cc1cc(CCCO)c2c(c1)CC(=O)N2. The van der Waals surface area contributed by atoms with Gasteiger partial charge in [-0.3, -0.25) is 4.79 Å². The van der Waals surface area contributed by atoms with Crippen molar-refractivity contribution < 1.29 is 9.90 Å². The minimum absolute atomic E-state index is 0.0702. The molecule has 0 spiro atoms. The van der Waals surface area contributed by atoms with E-state index in [1.54, 1.807) is 0 Å². The molecule has 0 aliphatic carbocycles. The molecule has 0 unspecified atom stereocenters. The Morgan fingerprint density at radius 1 is 1.47 bits per heavy atom. The number of benzene rings is 1. The molecule has 1 aromatic carbocycles. The molecule has 0 saturated heterocycles. The molecule has 1 aromatic rings. The first-order valence-electron chi connectivity index (χ1n) is 5.24. The van der Waals surface area contributed by atoms with Crippen LogP contribution in [0.15, 0.2) is 12.1 Å². The van der Waals surface area contributed by atoms with E-state index >= 15 is 0 Å². The summed E-state index contributed by atoms with van der Waals surface area (Å²) in [6.07, 6.45) is 2.05. The quantitative estimate of drug-likeness (QED) is 0.784. The number of hydrogen-bond acceptors (Lipinski definition) is 2. The molecule has 0 aromatic heterocycles. The standard InChI is InChI=1S/C12H15NO2/c1-8-5-9(3-2-4-14)12-10(6-8)7-11(15)13-12/h5-6,14H,2-4,7H2,1H3,(H,13,15). The highest BCUT2D eigenvalue weighted by Crippen LogP contribution is 2.29. The molecular formula is C12H15NO2. The van der Waals surface area contributed by atoms with Crippen LogP contribution < -0.4 is 5.32 Å². The molecule has 2 rings (SSSR count). The monoisotopic (exact) mass is 205 g/mol. The minimum atomic E-state index is 0.0702. The lowest BCUT2D eigenvalue weighted by atomic mass is 10.0. The lowest BCUT2D eigenvalue weighted by molar-refractivity contribution is -0.115. The number of rotatable bonds is 3. The van der Waals surface area contributed by atoms with Crippen LogP contribution in [0.4, 0.5) is 5.69 Å². The molecule has 1 heterocycles. The maximum Gasteiger partial charge on any atom is 0.228 e. The van der Waals surface area contributed by atoms with E-state index < -0.39 is 0 Å². The van der Waals surface area contributed by atoms with Gasteiger partial charge >= 0.3 is 0 Å². The molecule has 0 atom stereocenters. The Hall–Kier alpha value is -1.35. The predicted octanol–water partition coefficient (Wildman–Crippen LogP) is 1.41. The van der Waals surface area contributed by atoms with Crippen molar-refractivity contribution >= 4 is 11.6 Å². The maximum atomic E-state index is 11.3. The fourth-order valence-electron chi connectivity index (χ4n) is 2.07. The third kappa shape index (κ3) is 2.02. The number of carbonyl (C=O) groups excluding carboxylic acids is 1. The number of nitrogens with one attached hydrogen (secondary N) is 1. The summed E-state index contributed by atoms with van der Waals surface area (Å²) in [6.45, 7) is 2.22. The van der Waals surface area contributed by atoms with Crippen LogP contribution in [-0.2, 0) is 17.6 Å². The van der Waals surface area contributed by atoms with E-state index in [1.165, 1.54) is 5.56 Å². The van der Waals surface area contributed by atoms with Crippen LogP contribution in [-0.4, -0.2) is 17.6 Å². The molecule has 80 valence electrons. The Labute approximate surface area is 89.1 Å². The van der Waals surface area contributed by atoms with Crippen LogP contribution in [0.1, 0.15) is 23.1 Å².